The molecule has 2 amide bonds. The molecule has 218 valence electrons. The number of amides is 2. The summed E-state index contributed by atoms with van der Waals surface area (Å²) >= 11 is 7.50. The first kappa shape index (κ1) is 28.6. The van der Waals surface area contributed by atoms with Crippen LogP contribution < -0.4 is 14.5 Å². The quantitative estimate of drug-likeness (QED) is 0.273. The number of imide groups is 1. The number of nitrogens with zero attached hydrogens (tertiary/aromatic N) is 4. The normalized spacial score (nSPS) is 21.7. The lowest BCUT2D eigenvalue weighted by Crippen LogP contribution is -2.47. The number of anilines is 2. The molecular formula is C31H37ClN4O4S. The van der Waals surface area contributed by atoms with Crippen molar-refractivity contribution in [3.8, 4) is 5.75 Å². The number of thioether (sulfide) groups is 1. The summed E-state index contributed by atoms with van der Waals surface area (Å²) in [6.07, 6.45) is 5.53. The van der Waals surface area contributed by atoms with E-state index in [2.05, 4.69) is 14.7 Å². The molecule has 4 aliphatic rings. The Morgan fingerprint density at radius 2 is 1.68 bits per heavy atom. The molecule has 0 unspecified atom stereocenters. The fourth-order valence-corrected chi connectivity index (χ4v) is 6.70. The Bertz CT molecular complexity index is 1270. The first-order chi connectivity index (χ1) is 20.0. The van der Waals surface area contributed by atoms with Crippen LogP contribution in [-0.2, 0) is 9.53 Å². The average Bonchev–Trinajstić information content (AvgIpc) is 3.76. The van der Waals surface area contributed by atoms with E-state index in [0.717, 1.165) is 73.8 Å². The molecule has 2 aromatic rings. The van der Waals surface area contributed by atoms with Crippen LogP contribution in [0.25, 0.3) is 6.08 Å². The van der Waals surface area contributed by atoms with Crippen LogP contribution in [0.5, 0.6) is 5.75 Å². The van der Waals surface area contributed by atoms with Gasteiger partial charge in [0.25, 0.3) is 11.1 Å². The number of hydrogen-bond donors (Lipinski definition) is 0. The number of halogens is 1. The minimum Gasteiger partial charge on any atom is -0.494 e. The van der Waals surface area contributed by atoms with Crippen LogP contribution in [0.2, 0.25) is 5.02 Å². The molecule has 4 fully saturated rings. The summed E-state index contributed by atoms with van der Waals surface area (Å²) in [7, 11) is 0. The van der Waals surface area contributed by atoms with Crippen molar-refractivity contribution in [2.45, 2.75) is 19.3 Å². The second-order valence-electron chi connectivity index (χ2n) is 11.1. The zero-order valence-electron chi connectivity index (χ0n) is 23.3. The monoisotopic (exact) mass is 596 g/mol. The largest absolute Gasteiger partial charge is 0.494 e. The minimum atomic E-state index is -0.334. The van der Waals surface area contributed by atoms with Gasteiger partial charge in [0.2, 0.25) is 0 Å². The van der Waals surface area contributed by atoms with Gasteiger partial charge in [-0.1, -0.05) is 17.7 Å². The van der Waals surface area contributed by atoms with Gasteiger partial charge in [-0.15, -0.1) is 0 Å². The molecule has 3 aliphatic heterocycles. The second-order valence-corrected chi connectivity index (χ2v) is 12.5. The fraction of sp³-hybridized carbons (Fsp3) is 0.484. The van der Waals surface area contributed by atoms with Gasteiger partial charge >= 0.3 is 0 Å². The van der Waals surface area contributed by atoms with Crippen molar-refractivity contribution in [2.24, 2.45) is 5.92 Å². The summed E-state index contributed by atoms with van der Waals surface area (Å²) in [5.41, 5.74) is 2.26. The van der Waals surface area contributed by atoms with Gasteiger partial charge in [-0.05, 0) is 85.0 Å². The molecule has 6 rings (SSSR count). The number of morpholine rings is 1. The summed E-state index contributed by atoms with van der Waals surface area (Å²) in [5.74, 6) is 1.36. The maximum Gasteiger partial charge on any atom is 0.298 e. The number of benzene rings is 2. The predicted molar refractivity (Wildman–Crippen MR) is 165 cm³/mol. The van der Waals surface area contributed by atoms with Crippen LogP contribution in [-0.4, -0.2) is 93.1 Å². The summed E-state index contributed by atoms with van der Waals surface area (Å²) in [4.78, 5) is 34.9. The van der Waals surface area contributed by atoms with E-state index in [1.807, 2.05) is 30.3 Å². The summed E-state index contributed by atoms with van der Waals surface area (Å²) in [6.45, 7) is 10.5. The third kappa shape index (κ3) is 7.27. The van der Waals surface area contributed by atoms with Gasteiger partial charge in [0, 0.05) is 52.4 Å². The van der Waals surface area contributed by atoms with E-state index in [9.17, 15) is 9.59 Å². The first-order valence-electron chi connectivity index (χ1n) is 14.6. The fourth-order valence-electron chi connectivity index (χ4n) is 5.55. The van der Waals surface area contributed by atoms with Gasteiger partial charge in [-0.25, -0.2) is 4.90 Å². The Kier molecular flexibility index (Phi) is 9.17. The van der Waals surface area contributed by atoms with Crippen molar-refractivity contribution >= 4 is 52.0 Å². The first-order valence-corrected chi connectivity index (χ1v) is 15.8. The lowest BCUT2D eigenvalue weighted by Gasteiger charge is -2.34. The molecule has 0 bridgehead atoms. The van der Waals surface area contributed by atoms with E-state index in [4.69, 9.17) is 21.1 Å². The smallest absolute Gasteiger partial charge is 0.298 e. The van der Waals surface area contributed by atoms with Crippen molar-refractivity contribution in [3.63, 3.8) is 0 Å². The van der Waals surface area contributed by atoms with Gasteiger partial charge in [-0.2, -0.15) is 0 Å². The van der Waals surface area contributed by atoms with Crippen LogP contribution in [0.1, 0.15) is 24.8 Å². The highest BCUT2D eigenvalue weighted by molar-refractivity contribution is 8.19. The number of hydrogen-bond acceptors (Lipinski definition) is 8. The maximum absolute atomic E-state index is 13.2. The van der Waals surface area contributed by atoms with Crippen LogP contribution >= 0.6 is 23.4 Å². The van der Waals surface area contributed by atoms with Crippen molar-refractivity contribution in [2.75, 3.05) is 82.0 Å². The van der Waals surface area contributed by atoms with E-state index < -0.39 is 0 Å². The molecule has 1 aliphatic carbocycles. The van der Waals surface area contributed by atoms with Crippen molar-refractivity contribution in [3.05, 3.63) is 58.0 Å². The zero-order chi connectivity index (χ0) is 28.2. The molecule has 8 nitrogen and oxygen atoms in total. The Morgan fingerprint density at radius 1 is 0.951 bits per heavy atom. The summed E-state index contributed by atoms with van der Waals surface area (Å²) < 4.78 is 11.4. The average molecular weight is 597 g/mol. The van der Waals surface area contributed by atoms with E-state index in [-0.39, 0.29) is 11.1 Å². The Labute approximate surface area is 251 Å². The van der Waals surface area contributed by atoms with Crippen LogP contribution in [0.15, 0.2) is 47.4 Å². The van der Waals surface area contributed by atoms with Crippen LogP contribution in [0, 0.1) is 5.92 Å². The number of carbonyl (C=O) groups is 2. The standard InChI is InChI=1S/C31H37ClN4O4S/c32-27-20-24(4-9-28(27)35-15-18-39-19-16-35)21-29-30(37)36(31(38)41-29)25-5-7-26(8-6-25)40-17-1-10-33-11-13-34(14-12-33)22-23-2-3-23/h4-9,20-21,23H,1-3,10-19,22H2. The zero-order valence-corrected chi connectivity index (χ0v) is 24.9. The lowest BCUT2D eigenvalue weighted by molar-refractivity contribution is -0.113. The molecule has 3 heterocycles. The predicted octanol–water partition coefficient (Wildman–Crippen LogP) is 5.21. The third-order valence-corrected chi connectivity index (χ3v) is 9.25. The van der Waals surface area contributed by atoms with Crippen molar-refractivity contribution in [1.82, 2.24) is 9.80 Å². The molecule has 1 saturated carbocycles. The van der Waals surface area contributed by atoms with E-state index in [0.29, 0.717) is 35.4 Å². The highest BCUT2D eigenvalue weighted by Gasteiger charge is 2.36. The molecule has 0 atom stereocenters. The van der Waals surface area contributed by atoms with Crippen molar-refractivity contribution in [1.29, 1.82) is 0 Å². The molecule has 0 spiro atoms. The van der Waals surface area contributed by atoms with E-state index in [1.165, 1.54) is 37.4 Å². The SMILES string of the molecule is O=C1SC(=Cc2ccc(N3CCOCC3)c(Cl)c2)C(=O)N1c1ccc(OCCCN2CCN(CC3CC3)CC2)cc1. The molecule has 10 heteroatoms. The maximum atomic E-state index is 13.2. The van der Waals surface area contributed by atoms with Gasteiger partial charge in [0.15, 0.2) is 0 Å². The molecule has 3 saturated heterocycles. The van der Waals surface area contributed by atoms with E-state index >= 15 is 0 Å². The Balaban J connectivity index is 0.986. The van der Waals surface area contributed by atoms with Gasteiger partial charge < -0.3 is 24.2 Å². The molecular weight excluding hydrogens is 560 g/mol. The molecule has 0 radical (unpaired) electrons. The van der Waals surface area contributed by atoms with Crippen LogP contribution in [0.4, 0.5) is 16.2 Å². The van der Waals surface area contributed by atoms with Gasteiger partial charge in [0.1, 0.15) is 5.75 Å². The Morgan fingerprint density at radius 3 is 2.39 bits per heavy atom. The molecule has 0 aromatic heterocycles. The highest BCUT2D eigenvalue weighted by Crippen LogP contribution is 2.37. The molecule has 0 N–H and O–H groups in total. The molecule has 41 heavy (non-hydrogen) atoms. The topological polar surface area (TPSA) is 65.6 Å². The number of piperazine rings is 1. The number of ether oxygens (including phenoxy) is 2. The lowest BCUT2D eigenvalue weighted by atomic mass is 10.1. The third-order valence-electron chi connectivity index (χ3n) is 8.08. The van der Waals surface area contributed by atoms with Gasteiger partial charge in [0.05, 0.1) is 41.1 Å². The summed E-state index contributed by atoms with van der Waals surface area (Å²) in [5, 5.41) is 0.296. The molecule has 2 aromatic carbocycles. The Hall–Kier alpha value is -2.56. The summed E-state index contributed by atoms with van der Waals surface area (Å²) in [6, 6.07) is 12.9. The highest BCUT2D eigenvalue weighted by atomic mass is 35.5. The van der Waals surface area contributed by atoms with Crippen molar-refractivity contribution < 1.29 is 19.1 Å². The minimum absolute atomic E-state index is 0.316. The van der Waals surface area contributed by atoms with E-state index in [1.54, 1.807) is 18.2 Å². The second kappa shape index (κ2) is 13.2. The number of carbonyl (C=O) groups excluding carboxylic acids is 2. The van der Waals surface area contributed by atoms with Crippen LogP contribution in [0.3, 0.4) is 0 Å². The van der Waals surface area contributed by atoms with Gasteiger partial charge in [-0.3, -0.25) is 9.59 Å². The number of rotatable bonds is 10.